The van der Waals surface area contributed by atoms with Crippen molar-refractivity contribution in [1.82, 2.24) is 0 Å². The van der Waals surface area contributed by atoms with Crippen LogP contribution in [-0.2, 0) is 6.54 Å². The van der Waals surface area contributed by atoms with Gasteiger partial charge in [0.25, 0.3) is 0 Å². The molecule has 0 saturated heterocycles. The van der Waals surface area contributed by atoms with E-state index in [0.717, 1.165) is 26.3 Å². The number of hydrogen-bond donors (Lipinski definition) is 0. The van der Waals surface area contributed by atoms with Crippen molar-refractivity contribution in [2.45, 2.75) is 13.5 Å². The van der Waals surface area contributed by atoms with Crippen LogP contribution in [-0.4, -0.2) is 20.6 Å². The number of benzene rings is 2. The maximum absolute atomic E-state index is 6.08. The Morgan fingerprint density at radius 2 is 1.88 bits per heavy atom. The zero-order valence-electron chi connectivity index (χ0n) is 13.2. The van der Waals surface area contributed by atoms with E-state index in [-0.39, 0.29) is 0 Å². The molecule has 3 rings (SSSR count). The van der Waals surface area contributed by atoms with Crippen LogP contribution in [0.3, 0.4) is 0 Å². The Balaban J connectivity index is 1.93. The van der Waals surface area contributed by atoms with Crippen molar-refractivity contribution in [2.75, 3.05) is 0 Å². The molecule has 0 atom stereocenters. The van der Waals surface area contributed by atoms with E-state index in [9.17, 15) is 0 Å². The first kappa shape index (κ1) is 19.1. The fourth-order valence-corrected chi connectivity index (χ4v) is 4.49. The van der Waals surface area contributed by atoms with Crippen molar-refractivity contribution in [3.05, 3.63) is 78.6 Å². The summed E-state index contributed by atoms with van der Waals surface area (Å²) in [5, 5.41) is 4.24. The number of aryl methyl sites for hydroxylation is 1. The second-order valence-electron chi connectivity index (χ2n) is 5.41. The van der Waals surface area contributed by atoms with Crippen LogP contribution in [0.2, 0.25) is 10.0 Å². The van der Waals surface area contributed by atoms with Crippen LogP contribution in [0.1, 0.15) is 16.3 Å². The van der Waals surface area contributed by atoms with Gasteiger partial charge < -0.3 is 0 Å². The number of aliphatic imine (C=N–C) groups is 1. The molecule has 25 heavy (non-hydrogen) atoms. The molecule has 1 heterocycles. The molecule has 1 aromatic heterocycles. The van der Waals surface area contributed by atoms with Gasteiger partial charge in [-0.3, -0.25) is 0 Å². The monoisotopic (exact) mass is 518 g/mol. The normalized spacial score (nSPS) is 11.8. The minimum atomic E-state index is 0.501. The van der Waals surface area contributed by atoms with Crippen LogP contribution in [0.25, 0.3) is 0 Å². The van der Waals surface area contributed by atoms with Gasteiger partial charge in [-0.1, -0.05) is 0 Å². The third-order valence-electron chi connectivity index (χ3n) is 3.58. The van der Waals surface area contributed by atoms with Crippen LogP contribution < -0.4 is 4.57 Å². The molecular weight excluding hydrogens is 506 g/mol. The van der Waals surface area contributed by atoms with E-state index in [1.807, 2.05) is 6.07 Å². The Bertz CT molecular complexity index is 939. The predicted molar refractivity (Wildman–Crippen MR) is 111 cm³/mol. The maximum atomic E-state index is 6.08. The van der Waals surface area contributed by atoms with Gasteiger partial charge in [-0.25, -0.2) is 0 Å². The molecule has 0 aliphatic heterocycles. The third-order valence-corrected chi connectivity index (χ3v) is 6.84. The summed E-state index contributed by atoms with van der Waals surface area (Å²) in [5.74, 6) is 0. The second-order valence-corrected chi connectivity index (χ2v) is 8.81. The molecule has 0 amide bonds. The summed E-state index contributed by atoms with van der Waals surface area (Å²) in [6, 6.07) is 13.7. The number of halogens is 3. The van der Waals surface area contributed by atoms with Crippen LogP contribution in [0.4, 0.5) is 5.69 Å². The second kappa shape index (κ2) is 8.34. The molecule has 2 aromatic carbocycles. The first-order chi connectivity index (χ1) is 11.9. The molecule has 2 nitrogen and oxygen atoms in total. The Morgan fingerprint density at radius 3 is 2.56 bits per heavy atom. The molecule has 3 aromatic rings. The summed E-state index contributed by atoms with van der Waals surface area (Å²) >= 11 is 20.3. The Morgan fingerprint density at radius 1 is 1.16 bits per heavy atom. The van der Waals surface area contributed by atoms with Crippen molar-refractivity contribution in [3.8, 4) is 0 Å². The SMILES string of the molecule is Cc1csc(C([Se-])=Nc2ccc(Cl)c(Cl)c2)[n+]1Cc1ccc(Br)cc1. The fraction of sp³-hybridized carbons (Fsp3) is 0.111. The summed E-state index contributed by atoms with van der Waals surface area (Å²) in [6.45, 7) is 2.89. The van der Waals surface area contributed by atoms with E-state index in [2.05, 4.69) is 78.1 Å². The fourth-order valence-electron chi connectivity index (χ4n) is 2.28. The summed E-state index contributed by atoms with van der Waals surface area (Å²) in [7, 11) is 0. The van der Waals surface area contributed by atoms with Crippen LogP contribution in [0.15, 0.2) is 57.3 Å². The first-order valence-electron chi connectivity index (χ1n) is 7.37. The summed E-state index contributed by atoms with van der Waals surface area (Å²) in [4.78, 5) is 4.66. The van der Waals surface area contributed by atoms with Gasteiger partial charge in [0.2, 0.25) is 0 Å². The van der Waals surface area contributed by atoms with Crippen molar-refractivity contribution in [1.29, 1.82) is 0 Å². The van der Waals surface area contributed by atoms with Gasteiger partial charge in [0.15, 0.2) is 0 Å². The van der Waals surface area contributed by atoms with Gasteiger partial charge >= 0.3 is 178 Å². The van der Waals surface area contributed by atoms with Crippen molar-refractivity contribution in [2.24, 2.45) is 4.99 Å². The van der Waals surface area contributed by atoms with Gasteiger partial charge in [-0.05, 0) is 0 Å². The zero-order valence-corrected chi connectivity index (χ0v) is 18.8. The van der Waals surface area contributed by atoms with E-state index >= 15 is 0 Å². The van der Waals surface area contributed by atoms with Crippen LogP contribution >= 0.6 is 50.5 Å². The quantitative estimate of drug-likeness (QED) is 0.239. The Hall–Kier alpha value is -0.681. The standard InChI is InChI=1S/C18H13BrCl2N2SSe/c1-11-10-24-18(23(11)9-12-2-4-13(19)5-3-12)17(25)22-14-6-7-15(20)16(21)8-14/h2-8,10H,9H2,1H3. The van der Waals surface area contributed by atoms with Gasteiger partial charge in [0.1, 0.15) is 0 Å². The molecule has 0 radical (unpaired) electrons. The average molecular weight is 519 g/mol. The Labute approximate surface area is 177 Å². The van der Waals surface area contributed by atoms with Gasteiger partial charge in [0, 0.05) is 0 Å². The van der Waals surface area contributed by atoms with Crippen LogP contribution in [0, 0.1) is 6.92 Å². The molecule has 128 valence electrons. The van der Waals surface area contributed by atoms with Crippen molar-refractivity contribution < 1.29 is 4.57 Å². The molecular formula is C18H13BrCl2N2SSe. The van der Waals surface area contributed by atoms with E-state index < -0.39 is 0 Å². The molecule has 0 spiro atoms. The average Bonchev–Trinajstić information content (AvgIpc) is 2.94. The molecule has 0 aliphatic carbocycles. The number of nitrogens with zero attached hydrogens (tertiary/aromatic N) is 2. The third kappa shape index (κ3) is 4.73. The Kier molecular flexibility index (Phi) is 6.37. The topological polar surface area (TPSA) is 16.2 Å². The van der Waals surface area contributed by atoms with E-state index in [0.29, 0.717) is 10.0 Å². The van der Waals surface area contributed by atoms with E-state index in [1.54, 1.807) is 23.5 Å². The minimum absolute atomic E-state index is 0.501. The zero-order chi connectivity index (χ0) is 18.0. The number of hydrogen-bond acceptors (Lipinski definition) is 2. The van der Waals surface area contributed by atoms with Gasteiger partial charge in [-0.2, -0.15) is 0 Å². The van der Waals surface area contributed by atoms with E-state index in [1.165, 1.54) is 11.3 Å². The predicted octanol–water partition coefficient (Wildman–Crippen LogP) is 5.71. The molecule has 0 fully saturated rings. The van der Waals surface area contributed by atoms with Gasteiger partial charge in [-0.15, -0.1) is 0 Å². The van der Waals surface area contributed by atoms with Crippen molar-refractivity contribution >= 4 is 76.8 Å². The van der Waals surface area contributed by atoms with Crippen LogP contribution in [0.5, 0.6) is 0 Å². The van der Waals surface area contributed by atoms with E-state index in [4.69, 9.17) is 23.2 Å². The number of thiazole rings is 1. The number of rotatable bonds is 4. The molecule has 7 heteroatoms. The van der Waals surface area contributed by atoms with Gasteiger partial charge in [0.05, 0.1) is 0 Å². The summed E-state index contributed by atoms with van der Waals surface area (Å²) < 4.78 is 4.16. The molecule has 0 bridgehead atoms. The molecule has 0 saturated carbocycles. The molecule has 0 N–H and O–H groups in total. The molecule has 0 aliphatic rings. The van der Waals surface area contributed by atoms with Crippen molar-refractivity contribution in [3.63, 3.8) is 0 Å². The summed E-state index contributed by atoms with van der Waals surface area (Å²) in [6.07, 6.45) is 0. The molecule has 0 unspecified atom stereocenters. The first-order valence-corrected chi connectivity index (χ1v) is 10.7. The number of aromatic nitrogens is 1. The summed E-state index contributed by atoms with van der Waals surface area (Å²) in [5.41, 5.74) is 3.20.